The van der Waals surface area contributed by atoms with Crippen LogP contribution in [0.15, 0.2) is 29.2 Å². The molecule has 0 amide bonds. The van der Waals surface area contributed by atoms with Crippen molar-refractivity contribution in [1.82, 2.24) is 0 Å². The van der Waals surface area contributed by atoms with Crippen LogP contribution in [-0.2, 0) is 11.0 Å². The molecule has 0 aliphatic rings. The van der Waals surface area contributed by atoms with Crippen molar-refractivity contribution in [2.45, 2.75) is 41.8 Å². The summed E-state index contributed by atoms with van der Waals surface area (Å²) in [6.45, 7) is 3.73. The van der Waals surface area contributed by atoms with Gasteiger partial charge in [-0.15, -0.1) is 0 Å². The quantitative estimate of drug-likeness (QED) is 0.840. The van der Waals surface area contributed by atoms with Gasteiger partial charge in [0.05, 0.1) is 11.0 Å². The van der Waals surface area contributed by atoms with Crippen LogP contribution < -0.4 is 5.14 Å². The maximum atomic E-state index is 12.2. The fourth-order valence-electron chi connectivity index (χ4n) is 1.73. The summed E-state index contributed by atoms with van der Waals surface area (Å²) in [5.41, 5.74) is -3.35. The molecule has 0 fully saturated rings. The zero-order chi connectivity index (χ0) is 14.6. The van der Waals surface area contributed by atoms with Crippen LogP contribution in [0.5, 0.6) is 0 Å². The first-order valence-electron chi connectivity index (χ1n) is 5.69. The second-order valence-corrected chi connectivity index (χ2v) is 6.99. The topological polar surface area (TPSA) is 43.1 Å². The van der Waals surface area contributed by atoms with E-state index >= 15 is 0 Å². The zero-order valence-electron chi connectivity index (χ0n) is 10.6. The number of alkyl halides is 3. The Bertz CT molecular complexity index is 434. The first kappa shape index (κ1) is 16.5. The van der Waals surface area contributed by atoms with Gasteiger partial charge in [0.2, 0.25) is 0 Å². The third-order valence-corrected chi connectivity index (χ3v) is 4.49. The number of hydrogen-bond donors (Lipinski definition) is 1. The summed E-state index contributed by atoms with van der Waals surface area (Å²) >= 11 is -0.129. The molecule has 7 heteroatoms. The van der Waals surface area contributed by atoms with Gasteiger partial charge in [0.1, 0.15) is 0 Å². The third-order valence-electron chi connectivity index (χ3n) is 2.76. The van der Waals surface area contributed by atoms with Gasteiger partial charge in [-0.3, -0.25) is 5.14 Å². The molecule has 2 unspecified atom stereocenters. The average Bonchev–Trinajstić information content (AvgIpc) is 2.27. The number of thioether (sulfide) groups is 1. The second-order valence-electron chi connectivity index (χ2n) is 4.39. The lowest BCUT2D eigenvalue weighted by Gasteiger charge is -2.16. The normalized spacial score (nSPS) is 16.9. The molecule has 0 radical (unpaired) electrons. The van der Waals surface area contributed by atoms with Gasteiger partial charge in [-0.1, -0.05) is 19.1 Å². The minimum Gasteiger partial charge on any atom is -0.252 e. The van der Waals surface area contributed by atoms with Crippen molar-refractivity contribution in [3.63, 3.8) is 0 Å². The summed E-state index contributed by atoms with van der Waals surface area (Å²) in [6.07, 6.45) is 0.634. The average molecular weight is 311 g/mol. The minimum atomic E-state index is -4.27. The van der Waals surface area contributed by atoms with E-state index in [0.29, 0.717) is 6.42 Å². The Labute approximate surface area is 117 Å². The smallest absolute Gasteiger partial charge is 0.252 e. The second kappa shape index (κ2) is 6.76. The molecule has 2 N–H and O–H groups in total. The lowest BCUT2D eigenvalue weighted by Crippen LogP contribution is -2.20. The highest BCUT2D eigenvalue weighted by Gasteiger charge is 2.29. The number of nitrogens with two attached hydrogens (primary N) is 1. The van der Waals surface area contributed by atoms with Crippen molar-refractivity contribution in [3.05, 3.63) is 29.8 Å². The van der Waals surface area contributed by atoms with Crippen molar-refractivity contribution >= 4 is 22.7 Å². The van der Waals surface area contributed by atoms with Crippen LogP contribution in [0.4, 0.5) is 13.2 Å². The summed E-state index contributed by atoms with van der Waals surface area (Å²) in [7, 11) is -1.38. The fraction of sp³-hybridized carbons (Fsp3) is 0.500. The Morgan fingerprint density at radius 1 is 1.26 bits per heavy atom. The lowest BCUT2D eigenvalue weighted by atomic mass is 9.97. The predicted molar refractivity (Wildman–Crippen MR) is 73.2 cm³/mol. The van der Waals surface area contributed by atoms with Gasteiger partial charge in [-0.25, -0.2) is 4.21 Å². The summed E-state index contributed by atoms with van der Waals surface area (Å²) < 4.78 is 47.6. The van der Waals surface area contributed by atoms with Crippen molar-refractivity contribution < 1.29 is 17.4 Å². The van der Waals surface area contributed by atoms with Crippen LogP contribution in [0.25, 0.3) is 0 Å². The van der Waals surface area contributed by atoms with Gasteiger partial charge < -0.3 is 0 Å². The molecule has 1 rings (SSSR count). The highest BCUT2D eigenvalue weighted by Crippen LogP contribution is 2.37. The molecular weight excluding hydrogens is 295 g/mol. The highest BCUT2D eigenvalue weighted by atomic mass is 32.2. The van der Waals surface area contributed by atoms with E-state index in [4.69, 9.17) is 5.14 Å². The highest BCUT2D eigenvalue weighted by molar-refractivity contribution is 8.00. The van der Waals surface area contributed by atoms with Gasteiger partial charge in [-0.2, -0.15) is 13.2 Å². The Morgan fingerprint density at radius 3 is 2.21 bits per heavy atom. The molecule has 0 spiro atoms. The SMILES string of the molecule is CC(C[C@H](C)c1ccc(SC(F)(F)F)cc1)S(N)=O. The Balaban J connectivity index is 2.68. The van der Waals surface area contributed by atoms with Crippen LogP contribution in [0, 0.1) is 0 Å². The molecule has 0 aliphatic carbocycles. The number of hydrogen-bond acceptors (Lipinski definition) is 2. The Hall–Kier alpha value is -0.530. The molecule has 0 aromatic heterocycles. The van der Waals surface area contributed by atoms with Gasteiger partial charge in [0.25, 0.3) is 0 Å². The van der Waals surface area contributed by atoms with E-state index in [0.717, 1.165) is 5.56 Å². The van der Waals surface area contributed by atoms with Crippen molar-refractivity contribution in [3.8, 4) is 0 Å². The largest absolute Gasteiger partial charge is 0.446 e. The van der Waals surface area contributed by atoms with Crippen molar-refractivity contribution in [2.75, 3.05) is 0 Å². The van der Waals surface area contributed by atoms with Crippen molar-refractivity contribution in [1.29, 1.82) is 0 Å². The lowest BCUT2D eigenvalue weighted by molar-refractivity contribution is -0.0328. The predicted octanol–water partition coefficient (Wildman–Crippen LogP) is 3.80. The molecule has 0 bridgehead atoms. The van der Waals surface area contributed by atoms with Crippen LogP contribution in [0.1, 0.15) is 31.7 Å². The molecule has 2 nitrogen and oxygen atoms in total. The van der Waals surface area contributed by atoms with Gasteiger partial charge in [0, 0.05) is 10.1 Å². The van der Waals surface area contributed by atoms with E-state index < -0.39 is 16.5 Å². The summed E-state index contributed by atoms with van der Waals surface area (Å²) in [5, 5.41) is 5.16. The number of benzene rings is 1. The molecule has 0 saturated carbocycles. The first-order chi connectivity index (χ1) is 8.69. The molecule has 0 heterocycles. The fourth-order valence-corrected chi connectivity index (χ4v) is 2.74. The van der Waals surface area contributed by atoms with Gasteiger partial charge in [-0.05, 0) is 48.7 Å². The molecule has 0 aliphatic heterocycles. The molecule has 19 heavy (non-hydrogen) atoms. The van der Waals surface area contributed by atoms with Crippen LogP contribution in [0.3, 0.4) is 0 Å². The molecule has 1 aromatic carbocycles. The maximum Gasteiger partial charge on any atom is 0.446 e. The summed E-state index contributed by atoms with van der Waals surface area (Å²) in [6, 6.07) is 6.25. The maximum absolute atomic E-state index is 12.2. The van der Waals surface area contributed by atoms with E-state index in [2.05, 4.69) is 0 Å². The summed E-state index contributed by atoms with van der Waals surface area (Å²) in [4.78, 5) is 0.166. The van der Waals surface area contributed by atoms with Crippen LogP contribution >= 0.6 is 11.8 Å². The Kier molecular flexibility index (Phi) is 5.88. The van der Waals surface area contributed by atoms with Crippen LogP contribution in [-0.4, -0.2) is 15.0 Å². The zero-order valence-corrected chi connectivity index (χ0v) is 12.2. The molecular formula is C12H16F3NOS2. The van der Waals surface area contributed by atoms with E-state index in [-0.39, 0.29) is 27.8 Å². The number of rotatable bonds is 5. The molecule has 0 saturated heterocycles. The molecule has 1 aromatic rings. The molecule has 108 valence electrons. The van der Waals surface area contributed by atoms with Gasteiger partial charge in [0.15, 0.2) is 0 Å². The summed E-state index contributed by atoms with van der Waals surface area (Å²) in [5.74, 6) is 0.104. The van der Waals surface area contributed by atoms with E-state index in [1.807, 2.05) is 6.92 Å². The van der Waals surface area contributed by atoms with E-state index in [9.17, 15) is 17.4 Å². The number of halogens is 3. The van der Waals surface area contributed by atoms with E-state index in [1.54, 1.807) is 19.1 Å². The first-order valence-corrected chi connectivity index (χ1v) is 7.79. The van der Waals surface area contributed by atoms with Crippen LogP contribution in [0.2, 0.25) is 0 Å². The Morgan fingerprint density at radius 2 is 1.79 bits per heavy atom. The van der Waals surface area contributed by atoms with Crippen molar-refractivity contribution in [2.24, 2.45) is 5.14 Å². The van der Waals surface area contributed by atoms with Gasteiger partial charge >= 0.3 is 5.51 Å². The minimum absolute atomic E-state index is 0.104. The standard InChI is InChI=1S/C12H16F3NOS2/c1-8(7-9(2)19(16)17)10-3-5-11(6-4-10)18-12(13,14)15/h3-6,8-9H,7,16H2,1-2H3/t8-,9?,19?/m0/s1. The monoisotopic (exact) mass is 311 g/mol. The van der Waals surface area contributed by atoms with E-state index in [1.165, 1.54) is 12.1 Å². The third kappa shape index (κ3) is 5.97. The molecule has 3 atom stereocenters.